The average molecular weight is 585 g/mol. The van der Waals surface area contributed by atoms with Crippen LogP contribution in [0.1, 0.15) is 61.3 Å². The van der Waals surface area contributed by atoms with Crippen LogP contribution < -0.4 is 10.6 Å². The molecule has 0 radical (unpaired) electrons. The Hall–Kier alpha value is -4.54. The first-order valence-corrected chi connectivity index (χ1v) is 14.7. The van der Waals surface area contributed by atoms with E-state index in [0.29, 0.717) is 29.2 Å². The molecule has 5 rings (SSSR count). The summed E-state index contributed by atoms with van der Waals surface area (Å²) in [6, 6.07) is 7.42. The van der Waals surface area contributed by atoms with Gasteiger partial charge in [0, 0.05) is 69.4 Å². The topological polar surface area (TPSA) is 126 Å². The Morgan fingerprint density at radius 2 is 1.79 bits per heavy atom. The number of para-hydroxylation sites is 1. The molecule has 11 heteroatoms. The average Bonchev–Trinajstić information content (AvgIpc) is 3.03. The van der Waals surface area contributed by atoms with Gasteiger partial charge >= 0.3 is 0 Å². The maximum Gasteiger partial charge on any atom is 0.254 e. The van der Waals surface area contributed by atoms with Crippen LogP contribution in [-0.4, -0.2) is 68.3 Å². The minimum Gasteiger partial charge on any atom is -0.370 e. The van der Waals surface area contributed by atoms with Crippen LogP contribution in [0.2, 0.25) is 0 Å². The van der Waals surface area contributed by atoms with Gasteiger partial charge in [0.15, 0.2) is 5.82 Å². The number of likely N-dealkylation sites (tertiary alicyclic amines) is 1. The second-order valence-corrected chi connectivity index (χ2v) is 11.3. The summed E-state index contributed by atoms with van der Waals surface area (Å²) in [4.78, 5) is 48.2. The van der Waals surface area contributed by atoms with Crippen molar-refractivity contribution >= 4 is 28.5 Å². The van der Waals surface area contributed by atoms with Crippen molar-refractivity contribution in [3.63, 3.8) is 0 Å². The number of carbonyl (C=O) groups is 2. The van der Waals surface area contributed by atoms with Crippen LogP contribution in [0.4, 0.5) is 10.2 Å². The molecule has 1 aromatic carbocycles. The molecule has 2 amide bonds. The van der Waals surface area contributed by atoms with Crippen LogP contribution in [0.25, 0.3) is 22.2 Å². The SMILES string of the molecule is CNC(=O)c1c(F)cnc2c(C(C)C(C)CNc3cc(-c4cnc(CC5CCN(C(C)=O)CC5)nc4)ncn3)cccc12. The molecule has 4 heterocycles. The van der Waals surface area contributed by atoms with Crippen LogP contribution in [-0.2, 0) is 11.2 Å². The van der Waals surface area contributed by atoms with Crippen molar-refractivity contribution in [1.29, 1.82) is 0 Å². The number of pyridine rings is 1. The Bertz CT molecular complexity index is 1610. The fraction of sp³-hybridized carbons (Fsp3) is 0.406. The van der Waals surface area contributed by atoms with Crippen LogP contribution in [0.5, 0.6) is 0 Å². The zero-order chi connectivity index (χ0) is 30.5. The van der Waals surface area contributed by atoms with Gasteiger partial charge in [-0.15, -0.1) is 0 Å². The highest BCUT2D eigenvalue weighted by molar-refractivity contribution is 6.06. The third-order valence-corrected chi connectivity index (χ3v) is 8.49. The van der Waals surface area contributed by atoms with E-state index >= 15 is 0 Å². The van der Waals surface area contributed by atoms with Crippen molar-refractivity contribution < 1.29 is 14.0 Å². The predicted octanol–water partition coefficient (Wildman–Crippen LogP) is 4.63. The lowest BCUT2D eigenvalue weighted by atomic mass is 9.87. The molecule has 2 atom stereocenters. The Morgan fingerprint density at radius 3 is 2.49 bits per heavy atom. The van der Waals surface area contributed by atoms with Gasteiger partial charge in [0.25, 0.3) is 5.91 Å². The molecule has 1 fully saturated rings. The molecule has 2 N–H and O–H groups in total. The van der Waals surface area contributed by atoms with Crippen molar-refractivity contribution in [2.45, 2.75) is 46.0 Å². The first-order valence-electron chi connectivity index (χ1n) is 14.7. The number of halogens is 1. The number of rotatable bonds is 9. The van der Waals surface area contributed by atoms with E-state index < -0.39 is 11.7 Å². The van der Waals surface area contributed by atoms with E-state index in [0.717, 1.165) is 61.2 Å². The summed E-state index contributed by atoms with van der Waals surface area (Å²) in [6.45, 7) is 8.06. The summed E-state index contributed by atoms with van der Waals surface area (Å²) >= 11 is 0. The molecule has 0 bridgehead atoms. The fourth-order valence-electron chi connectivity index (χ4n) is 5.61. The first kappa shape index (κ1) is 29.9. The Morgan fingerprint density at radius 1 is 1.05 bits per heavy atom. The maximum absolute atomic E-state index is 14.5. The van der Waals surface area contributed by atoms with Gasteiger partial charge in [0.05, 0.1) is 23.0 Å². The molecule has 1 aliphatic heterocycles. The molecule has 1 saturated heterocycles. The summed E-state index contributed by atoms with van der Waals surface area (Å²) in [5, 5.41) is 6.43. The predicted molar refractivity (Wildman–Crippen MR) is 163 cm³/mol. The van der Waals surface area contributed by atoms with Gasteiger partial charge in [-0.1, -0.05) is 32.0 Å². The Kier molecular flexibility index (Phi) is 9.18. The molecule has 10 nitrogen and oxygen atoms in total. The van der Waals surface area contributed by atoms with E-state index in [9.17, 15) is 14.0 Å². The molecule has 0 aliphatic carbocycles. The molecule has 0 saturated carbocycles. The van der Waals surface area contributed by atoms with E-state index in [1.807, 2.05) is 23.1 Å². The second-order valence-electron chi connectivity index (χ2n) is 11.3. The lowest BCUT2D eigenvalue weighted by Gasteiger charge is -2.30. The number of anilines is 1. The number of benzene rings is 1. The van der Waals surface area contributed by atoms with Crippen LogP contribution in [0.3, 0.4) is 0 Å². The second kappa shape index (κ2) is 13.2. The third-order valence-electron chi connectivity index (χ3n) is 8.49. The van der Waals surface area contributed by atoms with Gasteiger partial charge in [-0.05, 0) is 36.2 Å². The van der Waals surface area contributed by atoms with Crippen LogP contribution >= 0.6 is 0 Å². The van der Waals surface area contributed by atoms with Gasteiger partial charge in [-0.2, -0.15) is 0 Å². The van der Waals surface area contributed by atoms with Crippen molar-refractivity contribution in [3.05, 3.63) is 72.0 Å². The largest absolute Gasteiger partial charge is 0.370 e. The van der Waals surface area contributed by atoms with Gasteiger partial charge in [-0.3, -0.25) is 14.6 Å². The molecule has 3 aromatic heterocycles. The van der Waals surface area contributed by atoms with Crippen molar-refractivity contribution in [2.75, 3.05) is 32.0 Å². The number of hydrogen-bond donors (Lipinski definition) is 2. The summed E-state index contributed by atoms with van der Waals surface area (Å²) in [5.74, 6) is 1.20. The van der Waals surface area contributed by atoms with Gasteiger partial charge in [0.1, 0.15) is 18.0 Å². The monoisotopic (exact) mass is 584 g/mol. The molecular weight excluding hydrogens is 547 g/mol. The number of carbonyl (C=O) groups excluding carboxylic acids is 2. The minimum absolute atomic E-state index is 0.00727. The summed E-state index contributed by atoms with van der Waals surface area (Å²) < 4.78 is 14.5. The van der Waals surface area contributed by atoms with E-state index in [1.165, 1.54) is 13.4 Å². The van der Waals surface area contributed by atoms with Crippen molar-refractivity contribution in [3.8, 4) is 11.3 Å². The summed E-state index contributed by atoms with van der Waals surface area (Å²) in [7, 11) is 1.48. The lowest BCUT2D eigenvalue weighted by molar-refractivity contribution is -0.130. The number of hydrogen-bond acceptors (Lipinski definition) is 8. The third kappa shape index (κ3) is 6.76. The highest BCUT2D eigenvalue weighted by atomic mass is 19.1. The normalized spacial score (nSPS) is 15.2. The number of fused-ring (bicyclic) bond motifs is 1. The number of amides is 2. The molecule has 2 unspecified atom stereocenters. The lowest BCUT2D eigenvalue weighted by Crippen LogP contribution is -2.37. The van der Waals surface area contributed by atoms with Gasteiger partial charge in [0.2, 0.25) is 5.91 Å². The Balaban J connectivity index is 1.22. The van der Waals surface area contributed by atoms with E-state index in [1.54, 1.807) is 25.4 Å². The highest BCUT2D eigenvalue weighted by Gasteiger charge is 2.23. The summed E-state index contributed by atoms with van der Waals surface area (Å²) in [5.41, 5.74) is 3.11. The van der Waals surface area contributed by atoms with Crippen molar-refractivity contribution in [1.82, 2.24) is 35.1 Å². The molecule has 224 valence electrons. The molecule has 0 spiro atoms. The number of aromatic nitrogens is 5. The molecule has 1 aliphatic rings. The number of piperidine rings is 1. The van der Waals surface area contributed by atoms with E-state index in [2.05, 4.69) is 49.4 Å². The Labute approximate surface area is 250 Å². The number of nitrogens with zero attached hydrogens (tertiary/aromatic N) is 6. The van der Waals surface area contributed by atoms with Gasteiger partial charge < -0.3 is 15.5 Å². The van der Waals surface area contributed by atoms with Crippen LogP contribution in [0, 0.1) is 17.7 Å². The zero-order valence-electron chi connectivity index (χ0n) is 25.0. The summed E-state index contributed by atoms with van der Waals surface area (Å²) in [6.07, 6.45) is 8.97. The van der Waals surface area contributed by atoms with Crippen molar-refractivity contribution in [2.24, 2.45) is 11.8 Å². The standard InChI is InChI=1S/C32H37FN8O2/c1-19(20(2)24-6-5-7-25-30(32(43)34-4)26(33)17-38-31(24)25)14-35-29-13-27(39-18-40-29)23-15-36-28(37-16-23)12-22-8-10-41(11-9-22)21(3)42/h5-7,13,15-20,22H,8-12,14H2,1-4H3,(H,34,43)(H,35,39,40). The highest BCUT2D eigenvalue weighted by Crippen LogP contribution is 2.32. The molecule has 43 heavy (non-hydrogen) atoms. The van der Waals surface area contributed by atoms with Gasteiger partial charge in [-0.25, -0.2) is 24.3 Å². The fourth-order valence-corrected chi connectivity index (χ4v) is 5.61. The smallest absolute Gasteiger partial charge is 0.254 e. The van der Waals surface area contributed by atoms with E-state index in [4.69, 9.17) is 0 Å². The van der Waals surface area contributed by atoms with Crippen LogP contribution in [0.15, 0.2) is 49.2 Å². The minimum atomic E-state index is -0.641. The first-order chi connectivity index (χ1) is 20.7. The zero-order valence-corrected chi connectivity index (χ0v) is 25.0. The molecular formula is C32H37FN8O2. The maximum atomic E-state index is 14.5. The molecule has 4 aromatic rings. The quantitative estimate of drug-likeness (QED) is 0.292. The number of nitrogens with one attached hydrogen (secondary N) is 2. The van der Waals surface area contributed by atoms with E-state index in [-0.39, 0.29) is 23.3 Å².